The summed E-state index contributed by atoms with van der Waals surface area (Å²) in [4.78, 5) is 10.1. The lowest BCUT2D eigenvalue weighted by Gasteiger charge is -2.04. The number of rotatable bonds is 3. The second kappa shape index (κ2) is 5.25. The zero-order valence-electron chi connectivity index (χ0n) is 10.4. The van der Waals surface area contributed by atoms with E-state index >= 15 is 0 Å². The third-order valence-electron chi connectivity index (χ3n) is 2.85. The molecule has 2 heterocycles. The smallest absolute Gasteiger partial charge is 0.125 e. The highest BCUT2D eigenvalue weighted by molar-refractivity contribution is 7.15. The van der Waals surface area contributed by atoms with Crippen LogP contribution in [0.5, 0.6) is 0 Å². The van der Waals surface area contributed by atoms with Crippen molar-refractivity contribution in [2.75, 3.05) is 7.05 Å². The minimum Gasteiger partial charge on any atom is -0.315 e. The van der Waals surface area contributed by atoms with Crippen molar-refractivity contribution in [1.82, 2.24) is 15.3 Å². The van der Waals surface area contributed by atoms with E-state index in [0.29, 0.717) is 0 Å². The van der Waals surface area contributed by atoms with Crippen molar-refractivity contribution in [3.63, 3.8) is 0 Å². The zero-order chi connectivity index (χ0) is 13.2. The van der Waals surface area contributed by atoms with Crippen molar-refractivity contribution in [2.24, 2.45) is 0 Å². The predicted octanol–water partition coefficient (Wildman–Crippen LogP) is 3.73. The van der Waals surface area contributed by atoms with Crippen molar-refractivity contribution < 1.29 is 0 Å². The average molecular weight is 290 g/mol. The minimum absolute atomic E-state index is 0.721. The maximum absolute atomic E-state index is 6.20. The van der Waals surface area contributed by atoms with Gasteiger partial charge in [0.2, 0.25) is 0 Å². The Morgan fingerprint density at radius 2 is 2.16 bits per heavy atom. The van der Waals surface area contributed by atoms with Gasteiger partial charge in [0.15, 0.2) is 0 Å². The van der Waals surface area contributed by atoms with Gasteiger partial charge in [-0.25, -0.2) is 4.98 Å². The highest BCUT2D eigenvalue weighted by atomic mass is 35.5. The summed E-state index contributed by atoms with van der Waals surface area (Å²) in [5.41, 5.74) is 1.94. The number of nitrogens with one attached hydrogen (secondary N) is 1. The quantitative estimate of drug-likeness (QED) is 0.798. The molecule has 96 valence electrons. The Hall–Kier alpha value is -1.49. The largest absolute Gasteiger partial charge is 0.315 e. The first-order valence-corrected chi connectivity index (χ1v) is 7.12. The summed E-state index contributed by atoms with van der Waals surface area (Å²) in [6, 6.07) is 7.77. The molecule has 3 nitrogen and oxygen atoms in total. The van der Waals surface area contributed by atoms with E-state index in [2.05, 4.69) is 15.3 Å². The van der Waals surface area contributed by atoms with Crippen LogP contribution >= 0.6 is 22.9 Å². The van der Waals surface area contributed by atoms with Gasteiger partial charge in [0, 0.05) is 34.8 Å². The molecule has 19 heavy (non-hydrogen) atoms. The normalized spacial score (nSPS) is 11.1. The number of thiazole rings is 1. The Morgan fingerprint density at radius 3 is 3.00 bits per heavy atom. The number of halogens is 1. The lowest BCUT2D eigenvalue weighted by molar-refractivity contribution is 0.829. The highest BCUT2D eigenvalue weighted by Crippen LogP contribution is 2.33. The molecule has 3 rings (SSSR count). The van der Waals surface area contributed by atoms with Crippen LogP contribution in [0.25, 0.3) is 21.5 Å². The number of aromatic nitrogens is 2. The van der Waals surface area contributed by atoms with Gasteiger partial charge in [-0.2, -0.15) is 0 Å². The van der Waals surface area contributed by atoms with Crippen LogP contribution in [0.15, 0.2) is 36.7 Å². The monoisotopic (exact) mass is 289 g/mol. The van der Waals surface area contributed by atoms with Crippen LogP contribution in [-0.2, 0) is 6.54 Å². The molecule has 1 N–H and O–H groups in total. The van der Waals surface area contributed by atoms with Gasteiger partial charge in [-0.1, -0.05) is 11.6 Å². The Bertz CT molecular complexity index is 724. The Kier molecular flexibility index (Phi) is 3.46. The molecule has 0 aliphatic carbocycles. The van der Waals surface area contributed by atoms with Crippen LogP contribution in [0.3, 0.4) is 0 Å². The standard InChI is InChI=1S/C14H12ClN3S/c1-16-7-9-8-18-14(19-9)11-4-5-12(15)10-3-2-6-17-13(10)11/h2-6,8,16H,7H2,1H3. The SMILES string of the molecule is CNCc1cnc(-c2ccc(Cl)c3cccnc23)s1. The van der Waals surface area contributed by atoms with Gasteiger partial charge in [-0.15, -0.1) is 11.3 Å². The molecular formula is C14H12ClN3S. The molecule has 0 aliphatic heterocycles. The summed E-state index contributed by atoms with van der Waals surface area (Å²) in [5.74, 6) is 0. The van der Waals surface area contributed by atoms with Crippen LogP contribution in [0.2, 0.25) is 5.02 Å². The van der Waals surface area contributed by atoms with Crippen molar-refractivity contribution in [1.29, 1.82) is 0 Å². The lowest BCUT2D eigenvalue weighted by atomic mass is 10.1. The molecule has 0 radical (unpaired) electrons. The fourth-order valence-electron chi connectivity index (χ4n) is 2.00. The average Bonchev–Trinajstić information content (AvgIpc) is 2.88. The van der Waals surface area contributed by atoms with E-state index in [9.17, 15) is 0 Å². The first kappa shape index (κ1) is 12.5. The van der Waals surface area contributed by atoms with E-state index in [1.807, 2.05) is 37.5 Å². The van der Waals surface area contributed by atoms with Crippen LogP contribution < -0.4 is 5.32 Å². The van der Waals surface area contributed by atoms with E-state index in [1.165, 1.54) is 4.88 Å². The van der Waals surface area contributed by atoms with Gasteiger partial charge < -0.3 is 5.32 Å². The van der Waals surface area contributed by atoms with Crippen molar-refractivity contribution >= 4 is 33.8 Å². The molecule has 0 bridgehead atoms. The number of hydrogen-bond donors (Lipinski definition) is 1. The fraction of sp³-hybridized carbons (Fsp3) is 0.143. The number of fused-ring (bicyclic) bond motifs is 1. The van der Waals surface area contributed by atoms with Crippen molar-refractivity contribution in [2.45, 2.75) is 6.54 Å². The van der Waals surface area contributed by atoms with Gasteiger partial charge in [0.25, 0.3) is 0 Å². The number of nitrogens with zero attached hydrogens (tertiary/aromatic N) is 2. The molecule has 0 fully saturated rings. The van der Waals surface area contributed by atoms with E-state index < -0.39 is 0 Å². The van der Waals surface area contributed by atoms with E-state index in [0.717, 1.165) is 33.0 Å². The number of benzene rings is 1. The fourth-order valence-corrected chi connectivity index (χ4v) is 3.16. The van der Waals surface area contributed by atoms with E-state index in [1.54, 1.807) is 17.5 Å². The van der Waals surface area contributed by atoms with Crippen LogP contribution in [0, 0.1) is 0 Å². The van der Waals surface area contributed by atoms with Gasteiger partial charge >= 0.3 is 0 Å². The molecule has 2 aromatic heterocycles. The van der Waals surface area contributed by atoms with Crippen LogP contribution in [0.1, 0.15) is 4.88 Å². The third-order valence-corrected chi connectivity index (χ3v) is 4.21. The zero-order valence-corrected chi connectivity index (χ0v) is 11.9. The first-order chi connectivity index (χ1) is 9.29. The summed E-state index contributed by atoms with van der Waals surface area (Å²) in [7, 11) is 1.93. The van der Waals surface area contributed by atoms with Gasteiger partial charge in [-0.3, -0.25) is 4.98 Å². The first-order valence-electron chi connectivity index (χ1n) is 5.92. The molecule has 5 heteroatoms. The second-order valence-electron chi connectivity index (χ2n) is 4.16. The summed E-state index contributed by atoms with van der Waals surface area (Å²) in [5, 5.41) is 5.79. The predicted molar refractivity (Wildman–Crippen MR) is 80.6 cm³/mol. The summed E-state index contributed by atoms with van der Waals surface area (Å²) < 4.78 is 0. The molecule has 3 aromatic rings. The molecule has 0 amide bonds. The summed E-state index contributed by atoms with van der Waals surface area (Å²) in [6.45, 7) is 0.830. The number of pyridine rings is 1. The minimum atomic E-state index is 0.721. The molecular weight excluding hydrogens is 278 g/mol. The second-order valence-corrected chi connectivity index (χ2v) is 5.68. The van der Waals surface area contributed by atoms with Crippen LogP contribution in [0.4, 0.5) is 0 Å². The Morgan fingerprint density at radius 1 is 1.26 bits per heavy atom. The van der Waals surface area contributed by atoms with Gasteiger partial charge in [-0.05, 0) is 31.3 Å². The summed E-state index contributed by atoms with van der Waals surface area (Å²) >= 11 is 7.88. The van der Waals surface area contributed by atoms with Gasteiger partial charge in [0.05, 0.1) is 10.5 Å². The molecule has 0 spiro atoms. The van der Waals surface area contributed by atoms with Crippen LogP contribution in [-0.4, -0.2) is 17.0 Å². The number of hydrogen-bond acceptors (Lipinski definition) is 4. The van der Waals surface area contributed by atoms with Gasteiger partial charge in [0.1, 0.15) is 5.01 Å². The Balaban J connectivity index is 2.16. The molecule has 0 saturated heterocycles. The topological polar surface area (TPSA) is 37.8 Å². The molecule has 0 saturated carbocycles. The molecule has 0 unspecified atom stereocenters. The van der Waals surface area contributed by atoms with Crippen molar-refractivity contribution in [3.8, 4) is 10.6 Å². The van der Waals surface area contributed by atoms with E-state index in [4.69, 9.17) is 11.6 Å². The maximum Gasteiger partial charge on any atom is 0.125 e. The van der Waals surface area contributed by atoms with Crippen molar-refractivity contribution in [3.05, 3.63) is 46.6 Å². The third kappa shape index (κ3) is 2.34. The highest BCUT2D eigenvalue weighted by Gasteiger charge is 2.11. The molecule has 1 aromatic carbocycles. The lowest BCUT2D eigenvalue weighted by Crippen LogP contribution is -2.02. The molecule has 0 atom stereocenters. The summed E-state index contributed by atoms with van der Waals surface area (Å²) in [6.07, 6.45) is 3.68. The Labute approximate surface area is 120 Å². The maximum atomic E-state index is 6.20. The molecule has 0 aliphatic rings. The van der Waals surface area contributed by atoms with E-state index in [-0.39, 0.29) is 0 Å².